The first-order valence-electron chi connectivity index (χ1n) is 10.9. The predicted octanol–water partition coefficient (Wildman–Crippen LogP) is 3.84. The Balaban J connectivity index is 1.30. The number of nitrogens with zero attached hydrogens (tertiary/aromatic N) is 3. The van der Waals surface area contributed by atoms with Crippen molar-refractivity contribution in [2.24, 2.45) is 10.9 Å². The Labute approximate surface area is 183 Å². The van der Waals surface area contributed by atoms with E-state index in [1.165, 1.54) is 0 Å². The molecule has 0 atom stereocenters. The predicted molar refractivity (Wildman–Crippen MR) is 123 cm³/mol. The molecule has 2 N–H and O–H groups in total. The second-order valence-electron chi connectivity index (χ2n) is 8.00. The van der Waals surface area contributed by atoms with Crippen LogP contribution in [0.15, 0.2) is 41.7 Å². The van der Waals surface area contributed by atoms with Crippen LogP contribution in [0, 0.1) is 12.8 Å². The van der Waals surface area contributed by atoms with Crippen molar-refractivity contribution >= 4 is 24.6 Å². The minimum Gasteiger partial charge on any atom is -0.351 e. The number of aliphatic imine (C=N–C) groups is 1. The van der Waals surface area contributed by atoms with Crippen molar-refractivity contribution in [3.8, 4) is 0 Å². The van der Waals surface area contributed by atoms with Crippen molar-refractivity contribution in [2.75, 3.05) is 19.6 Å². The summed E-state index contributed by atoms with van der Waals surface area (Å²) in [4.78, 5) is 37.6. The summed E-state index contributed by atoms with van der Waals surface area (Å²) >= 11 is 0. The summed E-state index contributed by atoms with van der Waals surface area (Å²) in [6.45, 7) is 7.58. The van der Waals surface area contributed by atoms with E-state index in [9.17, 15) is 9.59 Å². The highest BCUT2D eigenvalue weighted by atomic mass is 16.2. The van der Waals surface area contributed by atoms with Crippen molar-refractivity contribution in [1.82, 2.24) is 20.2 Å². The van der Waals surface area contributed by atoms with Gasteiger partial charge in [-0.3, -0.25) is 19.6 Å². The van der Waals surface area contributed by atoms with Crippen LogP contribution in [0.1, 0.15) is 64.3 Å². The standard InChI is InChI=1S/C24H31N5O2/c1-18-6-7-20(17-27-18)24(31)29-15-11-19(12-16-29)5-3-4-13-26-23(30)22-9-8-21(28-22)10-14-25-2/h6-10,14,17,19,28H,2-5,11-13,15-16H2,1H3,(H,26,30). The number of nitrogens with one attached hydrogen (secondary N) is 2. The summed E-state index contributed by atoms with van der Waals surface area (Å²) < 4.78 is 0. The SMILES string of the molecule is C=NC=Cc1ccc(C(=O)NCCCCC2CCN(C(=O)c3ccc(C)nc3)CC2)[nH]1. The van der Waals surface area contributed by atoms with Crippen LogP contribution < -0.4 is 5.32 Å². The molecule has 2 aromatic rings. The Hall–Kier alpha value is -3.22. The van der Waals surface area contributed by atoms with Gasteiger partial charge in [0.25, 0.3) is 11.8 Å². The molecule has 0 unspecified atom stereocenters. The minimum atomic E-state index is -0.0939. The summed E-state index contributed by atoms with van der Waals surface area (Å²) in [5, 5.41) is 2.96. The van der Waals surface area contributed by atoms with Gasteiger partial charge in [-0.05, 0) is 69.2 Å². The normalized spacial score (nSPS) is 14.7. The van der Waals surface area contributed by atoms with E-state index in [2.05, 4.69) is 27.0 Å². The zero-order valence-corrected chi connectivity index (χ0v) is 18.1. The minimum absolute atomic E-state index is 0.0809. The number of amides is 2. The number of hydrogen-bond acceptors (Lipinski definition) is 4. The summed E-state index contributed by atoms with van der Waals surface area (Å²) in [5.74, 6) is 0.633. The van der Waals surface area contributed by atoms with Crippen molar-refractivity contribution in [3.05, 3.63) is 59.3 Å². The average molecular weight is 422 g/mol. The molecule has 7 nitrogen and oxygen atoms in total. The molecule has 7 heteroatoms. The highest BCUT2D eigenvalue weighted by Crippen LogP contribution is 2.23. The van der Waals surface area contributed by atoms with E-state index in [1.807, 2.05) is 30.0 Å². The van der Waals surface area contributed by atoms with Crippen molar-refractivity contribution in [2.45, 2.75) is 39.0 Å². The molecule has 0 radical (unpaired) electrons. The van der Waals surface area contributed by atoms with Gasteiger partial charge in [-0.2, -0.15) is 0 Å². The molecule has 1 fully saturated rings. The Morgan fingerprint density at radius 1 is 1.26 bits per heavy atom. The number of piperidine rings is 1. The highest BCUT2D eigenvalue weighted by Gasteiger charge is 2.23. The molecule has 1 saturated heterocycles. The smallest absolute Gasteiger partial charge is 0.267 e. The van der Waals surface area contributed by atoms with Gasteiger partial charge in [-0.1, -0.05) is 12.8 Å². The number of hydrogen-bond donors (Lipinski definition) is 2. The summed E-state index contributed by atoms with van der Waals surface area (Å²) in [6, 6.07) is 7.34. The number of likely N-dealkylation sites (tertiary alicyclic amines) is 1. The van der Waals surface area contributed by atoms with E-state index in [4.69, 9.17) is 0 Å². The van der Waals surface area contributed by atoms with E-state index in [1.54, 1.807) is 24.5 Å². The number of aromatic amines is 1. The van der Waals surface area contributed by atoms with Crippen LogP contribution in [0.2, 0.25) is 0 Å². The van der Waals surface area contributed by atoms with Gasteiger partial charge in [0, 0.05) is 43.4 Å². The van der Waals surface area contributed by atoms with E-state index in [0.717, 1.165) is 56.6 Å². The molecule has 2 amide bonds. The van der Waals surface area contributed by atoms with Crippen LogP contribution in [0.5, 0.6) is 0 Å². The second-order valence-corrected chi connectivity index (χ2v) is 8.00. The first kappa shape index (κ1) is 22.5. The van der Waals surface area contributed by atoms with Gasteiger partial charge in [-0.25, -0.2) is 0 Å². The number of carbonyl (C=O) groups excluding carboxylic acids is 2. The monoisotopic (exact) mass is 421 g/mol. The lowest BCUT2D eigenvalue weighted by molar-refractivity contribution is 0.0685. The van der Waals surface area contributed by atoms with Gasteiger partial charge in [0.2, 0.25) is 0 Å². The molecular formula is C24H31N5O2. The van der Waals surface area contributed by atoms with Gasteiger partial charge in [0.1, 0.15) is 5.69 Å². The van der Waals surface area contributed by atoms with E-state index < -0.39 is 0 Å². The first-order chi connectivity index (χ1) is 15.1. The summed E-state index contributed by atoms with van der Waals surface area (Å²) in [7, 11) is 0. The molecule has 3 rings (SSSR count). The molecule has 0 aliphatic carbocycles. The largest absolute Gasteiger partial charge is 0.351 e. The van der Waals surface area contributed by atoms with Crippen LogP contribution in [-0.2, 0) is 0 Å². The van der Waals surface area contributed by atoms with Gasteiger partial charge >= 0.3 is 0 Å². The number of carbonyl (C=O) groups is 2. The number of unbranched alkanes of at least 4 members (excludes halogenated alkanes) is 1. The lowest BCUT2D eigenvalue weighted by atomic mass is 9.91. The quantitative estimate of drug-likeness (QED) is 0.476. The molecule has 0 spiro atoms. The summed E-state index contributed by atoms with van der Waals surface area (Å²) in [5.41, 5.74) is 2.95. The topological polar surface area (TPSA) is 90.4 Å². The lowest BCUT2D eigenvalue weighted by Crippen LogP contribution is -2.38. The molecule has 0 aromatic carbocycles. The van der Waals surface area contributed by atoms with Crippen LogP contribution >= 0.6 is 0 Å². The third-order valence-electron chi connectivity index (χ3n) is 5.70. The second kappa shape index (κ2) is 11.2. The van der Waals surface area contributed by atoms with Crippen molar-refractivity contribution in [1.29, 1.82) is 0 Å². The Morgan fingerprint density at radius 3 is 2.77 bits per heavy atom. The molecule has 31 heavy (non-hydrogen) atoms. The molecular weight excluding hydrogens is 390 g/mol. The van der Waals surface area contributed by atoms with E-state index in [-0.39, 0.29) is 11.8 Å². The van der Waals surface area contributed by atoms with Crippen molar-refractivity contribution < 1.29 is 9.59 Å². The van der Waals surface area contributed by atoms with E-state index in [0.29, 0.717) is 23.7 Å². The van der Waals surface area contributed by atoms with E-state index >= 15 is 0 Å². The maximum absolute atomic E-state index is 12.6. The number of pyridine rings is 1. The first-order valence-corrected chi connectivity index (χ1v) is 10.9. The number of aryl methyl sites for hydroxylation is 1. The fraction of sp³-hybridized carbons (Fsp3) is 0.417. The molecule has 3 heterocycles. The molecule has 1 aliphatic heterocycles. The van der Waals surface area contributed by atoms with Gasteiger partial charge in [-0.15, -0.1) is 0 Å². The number of H-pyrrole nitrogens is 1. The molecule has 164 valence electrons. The Bertz CT molecular complexity index is 908. The fourth-order valence-corrected chi connectivity index (χ4v) is 3.83. The van der Waals surface area contributed by atoms with Crippen LogP contribution in [0.3, 0.4) is 0 Å². The van der Waals surface area contributed by atoms with Gasteiger partial charge in [0.15, 0.2) is 0 Å². The third kappa shape index (κ3) is 6.64. The maximum atomic E-state index is 12.6. The maximum Gasteiger partial charge on any atom is 0.267 e. The summed E-state index contributed by atoms with van der Waals surface area (Å²) in [6.07, 6.45) is 10.2. The zero-order chi connectivity index (χ0) is 22.1. The highest BCUT2D eigenvalue weighted by molar-refractivity contribution is 5.94. The van der Waals surface area contributed by atoms with Crippen molar-refractivity contribution in [3.63, 3.8) is 0 Å². The fourth-order valence-electron chi connectivity index (χ4n) is 3.83. The Morgan fingerprint density at radius 2 is 2.06 bits per heavy atom. The molecule has 1 aliphatic rings. The third-order valence-corrected chi connectivity index (χ3v) is 5.70. The Kier molecular flexibility index (Phi) is 8.15. The van der Waals surface area contributed by atoms with Crippen LogP contribution in [-0.4, -0.2) is 53.0 Å². The molecule has 0 saturated carbocycles. The number of aromatic nitrogens is 2. The van der Waals surface area contributed by atoms with Gasteiger partial charge in [0.05, 0.1) is 5.56 Å². The zero-order valence-electron chi connectivity index (χ0n) is 18.1. The lowest BCUT2D eigenvalue weighted by Gasteiger charge is -2.32. The number of rotatable bonds is 9. The molecule has 0 bridgehead atoms. The van der Waals surface area contributed by atoms with Crippen LogP contribution in [0.25, 0.3) is 6.08 Å². The van der Waals surface area contributed by atoms with Gasteiger partial charge < -0.3 is 15.2 Å². The average Bonchev–Trinajstić information content (AvgIpc) is 3.27. The van der Waals surface area contributed by atoms with Crippen LogP contribution in [0.4, 0.5) is 0 Å². The molecule has 2 aromatic heterocycles.